The van der Waals surface area contributed by atoms with Crippen molar-refractivity contribution in [1.82, 2.24) is 20.2 Å². The van der Waals surface area contributed by atoms with Gasteiger partial charge >= 0.3 is 0 Å². The Morgan fingerprint density at radius 1 is 1.00 bits per heavy atom. The molecule has 6 heteroatoms. The van der Waals surface area contributed by atoms with Gasteiger partial charge in [0.25, 0.3) is 0 Å². The number of aromatic nitrogens is 4. The SMILES string of the molecule is O[C@@H](COc1ccccc1)Cn1nnc(-c2ccccc2)n1. The molecule has 6 nitrogen and oxygen atoms in total. The molecule has 1 atom stereocenters. The van der Waals surface area contributed by atoms with Crippen LogP contribution in [0.4, 0.5) is 0 Å². The van der Waals surface area contributed by atoms with Crippen LogP contribution in [0.1, 0.15) is 0 Å². The summed E-state index contributed by atoms with van der Waals surface area (Å²) >= 11 is 0. The number of hydrogen-bond donors (Lipinski definition) is 1. The molecular formula is C16H16N4O2. The minimum Gasteiger partial charge on any atom is -0.491 e. The number of hydrogen-bond acceptors (Lipinski definition) is 5. The third-order valence-electron chi connectivity index (χ3n) is 3.04. The van der Waals surface area contributed by atoms with Crippen LogP contribution in [0, 0.1) is 0 Å². The van der Waals surface area contributed by atoms with Crippen LogP contribution in [-0.2, 0) is 6.54 Å². The van der Waals surface area contributed by atoms with Crippen LogP contribution < -0.4 is 4.74 Å². The Balaban J connectivity index is 1.56. The molecule has 3 aromatic rings. The second-order valence-corrected chi connectivity index (χ2v) is 4.81. The predicted octanol–water partition coefficient (Wildman–Crippen LogP) is 1.78. The van der Waals surface area contributed by atoms with Gasteiger partial charge in [-0.15, -0.1) is 10.2 Å². The minimum absolute atomic E-state index is 0.173. The first kappa shape index (κ1) is 14.2. The lowest BCUT2D eigenvalue weighted by Gasteiger charge is -2.11. The third kappa shape index (κ3) is 3.67. The van der Waals surface area contributed by atoms with E-state index in [1.54, 1.807) is 0 Å². The molecule has 0 radical (unpaired) electrons. The highest BCUT2D eigenvalue weighted by Gasteiger charge is 2.10. The van der Waals surface area contributed by atoms with E-state index in [9.17, 15) is 5.11 Å². The van der Waals surface area contributed by atoms with Crippen molar-refractivity contribution in [3.05, 3.63) is 60.7 Å². The number of ether oxygens (including phenoxy) is 1. The molecule has 1 aromatic heterocycles. The van der Waals surface area contributed by atoms with Crippen LogP contribution in [0.5, 0.6) is 5.75 Å². The highest BCUT2D eigenvalue weighted by atomic mass is 16.5. The van der Waals surface area contributed by atoms with Gasteiger partial charge in [0.2, 0.25) is 5.82 Å². The minimum atomic E-state index is -0.710. The van der Waals surface area contributed by atoms with Crippen LogP contribution >= 0.6 is 0 Å². The summed E-state index contributed by atoms with van der Waals surface area (Å²) in [4.78, 5) is 1.38. The van der Waals surface area contributed by atoms with Crippen LogP contribution in [-0.4, -0.2) is 38.0 Å². The Morgan fingerprint density at radius 2 is 1.68 bits per heavy atom. The van der Waals surface area contributed by atoms with E-state index in [0.717, 1.165) is 11.3 Å². The van der Waals surface area contributed by atoms with E-state index in [-0.39, 0.29) is 13.2 Å². The van der Waals surface area contributed by atoms with Crippen molar-refractivity contribution in [2.24, 2.45) is 0 Å². The van der Waals surface area contributed by atoms with Gasteiger partial charge in [-0.1, -0.05) is 48.5 Å². The fourth-order valence-corrected chi connectivity index (χ4v) is 1.97. The predicted molar refractivity (Wildman–Crippen MR) is 81.2 cm³/mol. The summed E-state index contributed by atoms with van der Waals surface area (Å²) in [6.07, 6.45) is -0.710. The van der Waals surface area contributed by atoms with Gasteiger partial charge < -0.3 is 9.84 Å². The summed E-state index contributed by atoms with van der Waals surface area (Å²) in [6, 6.07) is 18.9. The van der Waals surface area contributed by atoms with Crippen molar-refractivity contribution in [1.29, 1.82) is 0 Å². The van der Waals surface area contributed by atoms with Crippen LogP contribution in [0.3, 0.4) is 0 Å². The van der Waals surface area contributed by atoms with Crippen molar-refractivity contribution < 1.29 is 9.84 Å². The van der Waals surface area contributed by atoms with Crippen molar-refractivity contribution in [3.63, 3.8) is 0 Å². The molecule has 0 fully saturated rings. The lowest BCUT2D eigenvalue weighted by atomic mass is 10.2. The molecule has 0 unspecified atom stereocenters. The van der Waals surface area contributed by atoms with E-state index in [2.05, 4.69) is 15.4 Å². The summed E-state index contributed by atoms with van der Waals surface area (Å²) in [5.74, 6) is 1.26. The van der Waals surface area contributed by atoms with Gasteiger partial charge in [-0.25, -0.2) is 0 Å². The van der Waals surface area contributed by atoms with Crippen LogP contribution in [0.15, 0.2) is 60.7 Å². The Bertz CT molecular complexity index is 700. The average molecular weight is 296 g/mol. The van der Waals surface area contributed by atoms with Crippen molar-refractivity contribution in [2.75, 3.05) is 6.61 Å². The van der Waals surface area contributed by atoms with Crippen LogP contribution in [0.2, 0.25) is 0 Å². The maximum atomic E-state index is 9.99. The zero-order chi connectivity index (χ0) is 15.2. The molecule has 112 valence electrons. The molecule has 0 amide bonds. The Hall–Kier alpha value is -2.73. The van der Waals surface area contributed by atoms with E-state index < -0.39 is 6.10 Å². The molecule has 0 aliphatic heterocycles. The quantitative estimate of drug-likeness (QED) is 0.750. The summed E-state index contributed by atoms with van der Waals surface area (Å²) in [5, 5.41) is 22.2. The number of para-hydroxylation sites is 1. The largest absolute Gasteiger partial charge is 0.491 e. The van der Waals surface area contributed by atoms with E-state index >= 15 is 0 Å². The summed E-state index contributed by atoms with van der Waals surface area (Å²) in [5.41, 5.74) is 0.892. The van der Waals surface area contributed by atoms with Crippen LogP contribution in [0.25, 0.3) is 11.4 Å². The first-order chi connectivity index (χ1) is 10.8. The Labute approximate surface area is 128 Å². The van der Waals surface area contributed by atoms with E-state index in [1.807, 2.05) is 60.7 Å². The highest BCUT2D eigenvalue weighted by molar-refractivity contribution is 5.52. The molecule has 1 N–H and O–H groups in total. The molecule has 0 aliphatic carbocycles. The second kappa shape index (κ2) is 6.82. The first-order valence-corrected chi connectivity index (χ1v) is 7.00. The standard InChI is InChI=1S/C16H16N4O2/c21-14(12-22-15-9-5-2-6-10-15)11-20-18-16(17-19-20)13-7-3-1-4-8-13/h1-10,14,21H,11-12H2/t14-/m1/s1. The smallest absolute Gasteiger partial charge is 0.204 e. The molecule has 1 heterocycles. The molecule has 22 heavy (non-hydrogen) atoms. The number of rotatable bonds is 6. The molecule has 0 bridgehead atoms. The fraction of sp³-hybridized carbons (Fsp3) is 0.188. The molecular weight excluding hydrogens is 280 g/mol. The number of aliphatic hydroxyl groups excluding tert-OH is 1. The fourth-order valence-electron chi connectivity index (χ4n) is 1.97. The number of aliphatic hydroxyl groups is 1. The van der Waals surface area contributed by atoms with Gasteiger partial charge in [0, 0.05) is 5.56 Å². The zero-order valence-corrected chi connectivity index (χ0v) is 11.9. The summed E-state index contributed by atoms with van der Waals surface area (Å²) in [7, 11) is 0. The van der Waals surface area contributed by atoms with Gasteiger partial charge in [-0.05, 0) is 17.3 Å². The van der Waals surface area contributed by atoms with E-state index in [1.165, 1.54) is 4.80 Å². The molecule has 0 aliphatic rings. The summed E-state index contributed by atoms with van der Waals surface area (Å²) < 4.78 is 5.49. The summed E-state index contributed by atoms with van der Waals surface area (Å²) in [6.45, 7) is 0.402. The lowest BCUT2D eigenvalue weighted by molar-refractivity contribution is 0.0850. The lowest BCUT2D eigenvalue weighted by Crippen LogP contribution is -2.24. The van der Waals surface area contributed by atoms with Crippen molar-refractivity contribution in [3.8, 4) is 17.1 Å². The maximum absolute atomic E-state index is 9.99. The molecule has 0 spiro atoms. The van der Waals surface area contributed by atoms with Gasteiger partial charge in [-0.2, -0.15) is 4.80 Å². The zero-order valence-electron chi connectivity index (χ0n) is 11.9. The van der Waals surface area contributed by atoms with E-state index in [4.69, 9.17) is 4.74 Å². The third-order valence-corrected chi connectivity index (χ3v) is 3.04. The molecule has 3 rings (SSSR count). The monoisotopic (exact) mass is 296 g/mol. The molecule has 2 aromatic carbocycles. The number of tetrazole rings is 1. The van der Waals surface area contributed by atoms with Gasteiger partial charge in [-0.3, -0.25) is 0 Å². The second-order valence-electron chi connectivity index (χ2n) is 4.81. The van der Waals surface area contributed by atoms with Crippen molar-refractivity contribution in [2.45, 2.75) is 12.6 Å². The molecule has 0 saturated carbocycles. The van der Waals surface area contributed by atoms with Crippen molar-refractivity contribution >= 4 is 0 Å². The number of benzene rings is 2. The van der Waals surface area contributed by atoms with Gasteiger partial charge in [0.1, 0.15) is 18.5 Å². The topological polar surface area (TPSA) is 73.1 Å². The molecule has 0 saturated heterocycles. The highest BCUT2D eigenvalue weighted by Crippen LogP contribution is 2.12. The maximum Gasteiger partial charge on any atom is 0.204 e. The average Bonchev–Trinajstić information content (AvgIpc) is 3.03. The Kier molecular flexibility index (Phi) is 4.41. The Morgan fingerprint density at radius 3 is 2.41 bits per heavy atom. The number of nitrogens with zero attached hydrogens (tertiary/aromatic N) is 4. The van der Waals surface area contributed by atoms with Gasteiger partial charge in [0.05, 0.1) is 6.54 Å². The van der Waals surface area contributed by atoms with Gasteiger partial charge in [0.15, 0.2) is 0 Å². The van der Waals surface area contributed by atoms with E-state index in [0.29, 0.717) is 5.82 Å². The normalized spacial score (nSPS) is 12.0. The first-order valence-electron chi connectivity index (χ1n) is 7.00.